The number of aromatic nitrogens is 12. The van der Waals surface area contributed by atoms with Crippen LogP contribution in [0.1, 0.15) is 38.8 Å². The summed E-state index contributed by atoms with van der Waals surface area (Å²) >= 11 is 0. The molecule has 2 aromatic carbocycles. The number of benzene rings is 2. The largest absolute Gasteiger partial charge is 0.225 e. The molecule has 0 radical (unpaired) electrons. The molecule has 0 saturated heterocycles. The van der Waals surface area contributed by atoms with Gasteiger partial charge in [0.2, 0.25) is 11.6 Å². The number of rotatable bonds is 11. The van der Waals surface area contributed by atoms with Crippen LogP contribution in [0.25, 0.3) is 34.2 Å². The highest BCUT2D eigenvalue weighted by atomic mass is 33.1. The smallest absolute Gasteiger partial charge is 0.209 e. The van der Waals surface area contributed by atoms with Gasteiger partial charge < -0.3 is 0 Å². The van der Waals surface area contributed by atoms with Crippen molar-refractivity contribution in [2.45, 2.75) is 63.7 Å². The van der Waals surface area contributed by atoms with Gasteiger partial charge in [0.05, 0.1) is 48.0 Å². The van der Waals surface area contributed by atoms with Crippen LogP contribution in [-0.2, 0) is 25.9 Å². The number of tetrazole rings is 2. The predicted molar refractivity (Wildman–Crippen MR) is 163 cm³/mol. The van der Waals surface area contributed by atoms with Crippen LogP contribution in [0.4, 0.5) is 0 Å². The lowest BCUT2D eigenvalue weighted by Gasteiger charge is -2.14. The molecule has 0 bridgehead atoms. The molecule has 4 heterocycles. The van der Waals surface area contributed by atoms with Gasteiger partial charge in [0.15, 0.2) is 0 Å². The van der Waals surface area contributed by atoms with Gasteiger partial charge in [0, 0.05) is 0 Å². The molecule has 0 aliphatic heterocycles. The first-order chi connectivity index (χ1) is 20.6. The van der Waals surface area contributed by atoms with E-state index in [1.54, 1.807) is 31.2 Å². The lowest BCUT2D eigenvalue weighted by atomic mass is 10.1. The third-order valence-corrected chi connectivity index (χ3v) is 9.19. The van der Waals surface area contributed by atoms with Gasteiger partial charge in [-0.3, -0.25) is 0 Å². The summed E-state index contributed by atoms with van der Waals surface area (Å²) in [5.41, 5.74) is 5.99. The lowest BCUT2D eigenvalue weighted by Crippen LogP contribution is -2.03. The summed E-state index contributed by atoms with van der Waals surface area (Å²) in [6, 6.07) is 16.6. The van der Waals surface area contributed by atoms with Crippen LogP contribution in [0.5, 0.6) is 0 Å². The van der Waals surface area contributed by atoms with E-state index >= 15 is 0 Å². The molecule has 0 saturated carbocycles. The fraction of sp³-hybridized carbons (Fsp3) is 0.286. The Morgan fingerprint density at radius 2 is 1.02 bits per heavy atom. The van der Waals surface area contributed by atoms with Gasteiger partial charge in [-0.05, 0) is 82.0 Å². The topological polar surface area (TPSA) is 123 Å². The van der Waals surface area contributed by atoms with Crippen LogP contribution < -0.4 is 0 Å². The van der Waals surface area contributed by atoms with E-state index in [0.717, 1.165) is 45.4 Å². The highest BCUT2D eigenvalue weighted by Crippen LogP contribution is 2.46. The molecular formula is C28H30N12S2. The van der Waals surface area contributed by atoms with Crippen molar-refractivity contribution in [2.75, 3.05) is 0 Å². The zero-order valence-corrected chi connectivity index (χ0v) is 25.4. The molecule has 0 amide bonds. The maximum atomic E-state index is 4.81. The van der Waals surface area contributed by atoms with Crippen LogP contribution in [0, 0.1) is 0 Å². The molecule has 6 aromatic rings. The van der Waals surface area contributed by atoms with Crippen molar-refractivity contribution in [1.29, 1.82) is 0 Å². The van der Waals surface area contributed by atoms with Crippen LogP contribution in [0.2, 0.25) is 0 Å². The van der Waals surface area contributed by atoms with E-state index < -0.39 is 0 Å². The molecular weight excluding hydrogens is 569 g/mol. The Labute approximate surface area is 250 Å². The summed E-state index contributed by atoms with van der Waals surface area (Å²) < 4.78 is 3.93. The van der Waals surface area contributed by atoms with Crippen LogP contribution in [0.15, 0.2) is 71.0 Å². The Bertz CT molecular complexity index is 1680. The number of hydrogen-bond acceptors (Lipinski definition) is 10. The van der Waals surface area contributed by atoms with Crippen molar-refractivity contribution in [1.82, 2.24) is 60.0 Å². The second-order valence-corrected chi connectivity index (χ2v) is 11.4. The van der Waals surface area contributed by atoms with Crippen molar-refractivity contribution in [2.24, 2.45) is 0 Å². The van der Waals surface area contributed by atoms with E-state index in [4.69, 9.17) is 10.2 Å². The second-order valence-electron chi connectivity index (χ2n) is 9.28. The maximum Gasteiger partial charge on any atom is 0.209 e. The lowest BCUT2D eigenvalue weighted by molar-refractivity contribution is 0.552. The highest BCUT2D eigenvalue weighted by Gasteiger charge is 2.24. The van der Waals surface area contributed by atoms with Crippen LogP contribution in [-0.4, -0.2) is 60.0 Å². The predicted octanol–water partition coefficient (Wildman–Crippen LogP) is 5.33. The minimum Gasteiger partial charge on any atom is -0.225 e. The van der Waals surface area contributed by atoms with Crippen molar-refractivity contribution in [3.05, 3.63) is 72.1 Å². The minimum atomic E-state index is 0.526. The van der Waals surface area contributed by atoms with Crippen molar-refractivity contribution in [3.8, 4) is 34.2 Å². The SMILES string of the molecule is CCc1ccccc1-n1ncc(-c2nnn(CC)n2)c1SSc1c(-c2nnn(CC)n2)cnn1-c1ccccc1CC. The average molecular weight is 599 g/mol. The van der Waals surface area contributed by atoms with Gasteiger partial charge in [-0.15, -0.1) is 20.4 Å². The Balaban J connectivity index is 1.48. The second kappa shape index (κ2) is 12.3. The van der Waals surface area contributed by atoms with E-state index in [0.29, 0.717) is 24.7 Å². The summed E-state index contributed by atoms with van der Waals surface area (Å²) in [5.74, 6) is 1.05. The van der Waals surface area contributed by atoms with Crippen LogP contribution >= 0.6 is 21.6 Å². The van der Waals surface area contributed by atoms with Crippen molar-refractivity contribution in [3.63, 3.8) is 0 Å². The monoisotopic (exact) mass is 598 g/mol. The standard InChI is InChI=1S/C28H30N12S2/c1-5-19-13-9-11-15-23(19)39-27(21(17-29-39)25-31-35-37(7-3)33-25)41-42-28-22(26-32-36-38(8-4)34-26)18-30-40(28)24-16-12-10-14-20(24)6-2/h9-18H,5-8H2,1-4H3. The number of aryl methyl sites for hydroxylation is 4. The Morgan fingerprint density at radius 3 is 1.40 bits per heavy atom. The van der Waals surface area contributed by atoms with E-state index in [1.165, 1.54) is 11.1 Å². The molecule has 42 heavy (non-hydrogen) atoms. The number of hydrogen-bond donors (Lipinski definition) is 0. The normalized spacial score (nSPS) is 11.4. The molecule has 214 valence electrons. The van der Waals surface area contributed by atoms with Gasteiger partial charge in [-0.1, -0.05) is 50.2 Å². The van der Waals surface area contributed by atoms with E-state index in [-0.39, 0.29) is 0 Å². The summed E-state index contributed by atoms with van der Waals surface area (Å²) in [5, 5.41) is 37.6. The number of para-hydroxylation sites is 2. The molecule has 0 aliphatic carbocycles. The molecule has 0 spiro atoms. The third-order valence-electron chi connectivity index (χ3n) is 6.80. The fourth-order valence-electron chi connectivity index (χ4n) is 4.57. The van der Waals surface area contributed by atoms with Gasteiger partial charge >= 0.3 is 0 Å². The molecule has 0 atom stereocenters. The molecule has 4 aromatic heterocycles. The Kier molecular flexibility index (Phi) is 8.15. The van der Waals surface area contributed by atoms with Gasteiger partial charge in [-0.25, -0.2) is 9.36 Å². The quantitative estimate of drug-likeness (QED) is 0.181. The first-order valence-corrected chi connectivity index (χ1v) is 16.0. The molecule has 12 nitrogen and oxygen atoms in total. The van der Waals surface area contributed by atoms with Crippen LogP contribution in [0.3, 0.4) is 0 Å². The van der Waals surface area contributed by atoms with E-state index in [1.807, 2.05) is 47.7 Å². The average Bonchev–Trinajstić information content (AvgIpc) is 3.85. The summed E-state index contributed by atoms with van der Waals surface area (Å²) in [6.45, 7) is 9.51. The Hall–Kier alpha value is -4.30. The van der Waals surface area contributed by atoms with Gasteiger partial charge in [0.25, 0.3) is 0 Å². The zero-order chi connectivity index (χ0) is 29.1. The Morgan fingerprint density at radius 1 is 0.595 bits per heavy atom. The first kappa shape index (κ1) is 27.8. The highest BCUT2D eigenvalue weighted by molar-refractivity contribution is 8.76. The van der Waals surface area contributed by atoms with Gasteiger partial charge in [-0.2, -0.15) is 19.8 Å². The van der Waals surface area contributed by atoms with Crippen molar-refractivity contribution < 1.29 is 0 Å². The third kappa shape index (κ3) is 5.23. The molecule has 0 fully saturated rings. The summed E-state index contributed by atoms with van der Waals surface area (Å²) in [4.78, 5) is 3.15. The van der Waals surface area contributed by atoms with E-state index in [2.05, 4.69) is 81.1 Å². The zero-order valence-electron chi connectivity index (χ0n) is 23.8. The van der Waals surface area contributed by atoms with Crippen molar-refractivity contribution >= 4 is 21.6 Å². The fourth-order valence-corrected chi connectivity index (χ4v) is 7.06. The molecule has 6 rings (SSSR count). The molecule has 0 aliphatic rings. The van der Waals surface area contributed by atoms with Gasteiger partial charge in [0.1, 0.15) is 10.1 Å². The van der Waals surface area contributed by atoms with E-state index in [9.17, 15) is 0 Å². The number of nitrogens with zero attached hydrogens (tertiary/aromatic N) is 12. The molecule has 14 heteroatoms. The molecule has 0 N–H and O–H groups in total. The molecule has 0 unspecified atom stereocenters. The first-order valence-electron chi connectivity index (χ1n) is 13.9. The summed E-state index contributed by atoms with van der Waals surface area (Å²) in [7, 11) is 3.13. The minimum absolute atomic E-state index is 0.526. The summed E-state index contributed by atoms with van der Waals surface area (Å²) in [6.07, 6.45) is 5.36. The maximum absolute atomic E-state index is 4.81.